The second kappa shape index (κ2) is 8.27. The molecule has 1 aromatic carbocycles. The summed E-state index contributed by atoms with van der Waals surface area (Å²) in [7, 11) is 0. The van der Waals surface area contributed by atoms with Gasteiger partial charge in [-0.1, -0.05) is 23.7 Å². The first-order chi connectivity index (χ1) is 12.1. The Labute approximate surface area is 150 Å². The first-order valence-electron chi connectivity index (χ1n) is 8.04. The Kier molecular flexibility index (Phi) is 5.83. The normalized spacial score (nSPS) is 16.6. The van der Waals surface area contributed by atoms with Gasteiger partial charge in [0.15, 0.2) is 0 Å². The van der Waals surface area contributed by atoms with E-state index in [9.17, 15) is 9.18 Å². The molecule has 1 aliphatic heterocycles. The zero-order chi connectivity index (χ0) is 17.6. The van der Waals surface area contributed by atoms with E-state index in [-0.39, 0.29) is 22.9 Å². The zero-order valence-electron chi connectivity index (χ0n) is 13.5. The highest BCUT2D eigenvalue weighted by Gasteiger charge is 2.20. The number of hydrogen-bond acceptors (Lipinski definition) is 4. The Bertz CT molecular complexity index is 734. The van der Waals surface area contributed by atoms with Crippen molar-refractivity contribution < 1.29 is 18.7 Å². The van der Waals surface area contributed by atoms with Crippen molar-refractivity contribution in [3.05, 3.63) is 58.5 Å². The highest BCUT2D eigenvalue weighted by atomic mass is 35.5. The van der Waals surface area contributed by atoms with Crippen LogP contribution in [0.15, 0.2) is 36.5 Å². The van der Waals surface area contributed by atoms with Crippen molar-refractivity contribution in [2.75, 3.05) is 19.8 Å². The number of halogens is 2. The first kappa shape index (κ1) is 17.6. The summed E-state index contributed by atoms with van der Waals surface area (Å²) >= 11 is 6.15. The van der Waals surface area contributed by atoms with Gasteiger partial charge in [-0.25, -0.2) is 9.37 Å². The second-order valence-corrected chi connectivity index (χ2v) is 6.15. The van der Waals surface area contributed by atoms with Gasteiger partial charge in [-0.3, -0.25) is 4.79 Å². The van der Waals surface area contributed by atoms with Crippen LogP contribution in [0.5, 0.6) is 5.88 Å². The number of nitrogens with zero attached hydrogens (tertiary/aromatic N) is 1. The Balaban J connectivity index is 1.52. The molecule has 1 unspecified atom stereocenters. The van der Waals surface area contributed by atoms with Crippen LogP contribution in [0.4, 0.5) is 4.39 Å². The summed E-state index contributed by atoms with van der Waals surface area (Å²) in [6.07, 6.45) is 2.78. The Morgan fingerprint density at radius 3 is 2.88 bits per heavy atom. The fourth-order valence-corrected chi connectivity index (χ4v) is 2.68. The monoisotopic (exact) mass is 364 g/mol. The number of rotatable bonds is 6. The minimum Gasteiger partial charge on any atom is -0.471 e. The molecule has 5 nitrogen and oxygen atoms in total. The highest BCUT2D eigenvalue weighted by Crippen LogP contribution is 2.25. The lowest BCUT2D eigenvalue weighted by atomic mass is 10.1. The predicted molar refractivity (Wildman–Crippen MR) is 91.5 cm³/mol. The van der Waals surface area contributed by atoms with E-state index < -0.39 is 0 Å². The Morgan fingerprint density at radius 1 is 1.40 bits per heavy atom. The fraction of sp³-hybridized carbons (Fsp3) is 0.333. The second-order valence-electron chi connectivity index (χ2n) is 5.75. The largest absolute Gasteiger partial charge is 0.471 e. The average molecular weight is 365 g/mol. The van der Waals surface area contributed by atoms with Gasteiger partial charge in [-0.05, 0) is 30.2 Å². The molecule has 3 rings (SSSR count). The molecule has 0 aliphatic carbocycles. The molecule has 132 valence electrons. The van der Waals surface area contributed by atoms with Crippen molar-refractivity contribution in [1.82, 2.24) is 10.3 Å². The third-order valence-electron chi connectivity index (χ3n) is 3.85. The van der Waals surface area contributed by atoms with Crippen molar-refractivity contribution in [3.63, 3.8) is 0 Å². The maximum absolute atomic E-state index is 12.9. The topological polar surface area (TPSA) is 60.5 Å². The molecule has 2 aromatic rings. The molecule has 7 heteroatoms. The summed E-state index contributed by atoms with van der Waals surface area (Å²) < 4.78 is 23.7. The molecular weight excluding hydrogens is 347 g/mol. The van der Waals surface area contributed by atoms with Crippen LogP contribution in [0, 0.1) is 5.82 Å². The van der Waals surface area contributed by atoms with E-state index in [0.29, 0.717) is 37.6 Å². The SMILES string of the molecule is O=C(NCCc1ccc(F)cc1)c1cnc(OC2CCOC2)c(Cl)c1. The number of carbonyl (C=O) groups excluding carboxylic acids is 1. The van der Waals surface area contributed by atoms with Crippen LogP contribution in [0.3, 0.4) is 0 Å². The van der Waals surface area contributed by atoms with Crippen LogP contribution >= 0.6 is 11.6 Å². The molecule has 1 aromatic heterocycles. The molecule has 1 fully saturated rings. The molecule has 0 bridgehead atoms. The summed E-state index contributed by atoms with van der Waals surface area (Å²) in [5, 5.41) is 3.08. The molecular formula is C18H18ClFN2O3. The predicted octanol–water partition coefficient (Wildman–Crippen LogP) is 3.01. The maximum atomic E-state index is 12.9. The number of amides is 1. The summed E-state index contributed by atoms with van der Waals surface area (Å²) in [6, 6.07) is 7.72. The zero-order valence-corrected chi connectivity index (χ0v) is 14.3. The number of ether oxygens (including phenoxy) is 2. The molecule has 1 amide bonds. The van der Waals surface area contributed by atoms with Gasteiger partial charge < -0.3 is 14.8 Å². The minimum atomic E-state index is -0.278. The fourth-order valence-electron chi connectivity index (χ4n) is 2.47. The lowest BCUT2D eigenvalue weighted by Crippen LogP contribution is -2.26. The molecule has 0 radical (unpaired) electrons. The number of nitrogens with one attached hydrogen (secondary N) is 1. The van der Waals surface area contributed by atoms with E-state index in [1.54, 1.807) is 12.1 Å². The molecule has 1 N–H and O–H groups in total. The van der Waals surface area contributed by atoms with Crippen LogP contribution in [0.1, 0.15) is 22.3 Å². The quantitative estimate of drug-likeness (QED) is 0.856. The summed E-state index contributed by atoms with van der Waals surface area (Å²) in [6.45, 7) is 1.61. The third kappa shape index (κ3) is 4.90. The molecule has 2 heterocycles. The van der Waals surface area contributed by atoms with E-state index in [1.165, 1.54) is 24.4 Å². The molecule has 25 heavy (non-hydrogen) atoms. The van der Waals surface area contributed by atoms with Crippen LogP contribution in [0.2, 0.25) is 5.02 Å². The maximum Gasteiger partial charge on any atom is 0.252 e. The van der Waals surface area contributed by atoms with E-state index in [1.807, 2.05) is 0 Å². The third-order valence-corrected chi connectivity index (χ3v) is 4.12. The minimum absolute atomic E-state index is 0.0552. The molecule has 0 saturated carbocycles. The summed E-state index contributed by atoms with van der Waals surface area (Å²) in [5.74, 6) is -0.243. The number of pyridine rings is 1. The van der Waals surface area contributed by atoms with Gasteiger partial charge in [0.25, 0.3) is 5.91 Å². The summed E-state index contributed by atoms with van der Waals surface area (Å²) in [4.78, 5) is 16.3. The van der Waals surface area contributed by atoms with Gasteiger partial charge in [-0.2, -0.15) is 0 Å². The molecule has 1 atom stereocenters. The van der Waals surface area contributed by atoms with Crippen LogP contribution in [-0.2, 0) is 11.2 Å². The van der Waals surface area contributed by atoms with Gasteiger partial charge in [0.1, 0.15) is 16.9 Å². The Morgan fingerprint density at radius 2 is 2.20 bits per heavy atom. The number of hydrogen-bond donors (Lipinski definition) is 1. The van der Waals surface area contributed by atoms with Gasteiger partial charge in [0.2, 0.25) is 5.88 Å². The molecule has 1 saturated heterocycles. The average Bonchev–Trinajstić information content (AvgIpc) is 3.11. The van der Waals surface area contributed by atoms with Gasteiger partial charge in [0.05, 0.1) is 18.8 Å². The highest BCUT2D eigenvalue weighted by molar-refractivity contribution is 6.32. The molecule has 0 spiro atoms. The van der Waals surface area contributed by atoms with E-state index in [0.717, 1.165) is 12.0 Å². The van der Waals surface area contributed by atoms with Crippen molar-refractivity contribution in [1.29, 1.82) is 0 Å². The number of benzene rings is 1. The van der Waals surface area contributed by atoms with Crippen molar-refractivity contribution in [2.45, 2.75) is 18.9 Å². The standard InChI is InChI=1S/C18H18ClFN2O3/c19-16-9-13(10-22-18(16)25-15-6-8-24-11-15)17(23)21-7-5-12-1-3-14(20)4-2-12/h1-4,9-10,15H,5-8,11H2,(H,21,23). The van der Waals surface area contributed by atoms with Crippen LogP contribution in [-0.4, -0.2) is 36.8 Å². The van der Waals surface area contributed by atoms with Gasteiger partial charge in [0, 0.05) is 19.2 Å². The number of aromatic nitrogens is 1. The van der Waals surface area contributed by atoms with Crippen molar-refractivity contribution >= 4 is 17.5 Å². The first-order valence-corrected chi connectivity index (χ1v) is 8.42. The van der Waals surface area contributed by atoms with E-state index in [2.05, 4.69) is 10.3 Å². The lowest BCUT2D eigenvalue weighted by molar-refractivity contribution is 0.0953. The van der Waals surface area contributed by atoms with Gasteiger partial charge >= 0.3 is 0 Å². The summed E-state index contributed by atoms with van der Waals surface area (Å²) in [5.41, 5.74) is 1.31. The number of carbonyl (C=O) groups is 1. The van der Waals surface area contributed by atoms with Crippen LogP contribution < -0.4 is 10.1 Å². The Hall–Kier alpha value is -2.18. The van der Waals surface area contributed by atoms with E-state index in [4.69, 9.17) is 21.1 Å². The van der Waals surface area contributed by atoms with Gasteiger partial charge in [-0.15, -0.1) is 0 Å². The lowest BCUT2D eigenvalue weighted by Gasteiger charge is -2.12. The van der Waals surface area contributed by atoms with Crippen molar-refractivity contribution in [3.8, 4) is 5.88 Å². The van der Waals surface area contributed by atoms with E-state index >= 15 is 0 Å². The molecule has 1 aliphatic rings. The smallest absolute Gasteiger partial charge is 0.252 e. The van der Waals surface area contributed by atoms with Crippen LogP contribution in [0.25, 0.3) is 0 Å². The van der Waals surface area contributed by atoms with Crippen molar-refractivity contribution in [2.24, 2.45) is 0 Å².